The minimum absolute atomic E-state index is 0.0323. The van der Waals surface area contributed by atoms with E-state index in [1.54, 1.807) is 23.6 Å². The molecule has 1 aliphatic rings. The summed E-state index contributed by atoms with van der Waals surface area (Å²) in [4.78, 5) is 26.0. The summed E-state index contributed by atoms with van der Waals surface area (Å²) in [6.45, 7) is 5.98. The Morgan fingerprint density at radius 2 is 2.05 bits per heavy atom. The highest BCUT2D eigenvalue weighted by Gasteiger charge is 2.44. The molecule has 0 aromatic carbocycles. The second-order valence-corrected chi connectivity index (χ2v) is 5.85. The lowest BCUT2D eigenvalue weighted by Crippen LogP contribution is -2.65. The second kappa shape index (κ2) is 5.67. The lowest BCUT2D eigenvalue weighted by atomic mass is 9.92. The molecule has 0 spiro atoms. The van der Waals surface area contributed by atoms with Crippen LogP contribution in [-0.4, -0.2) is 38.6 Å². The molecule has 21 heavy (non-hydrogen) atoms. The van der Waals surface area contributed by atoms with E-state index >= 15 is 0 Å². The molecule has 0 radical (unpaired) electrons. The molecular formula is C14H21ClN4O2. The molecule has 1 saturated heterocycles. The first-order valence-electron chi connectivity index (χ1n) is 7.14. The summed E-state index contributed by atoms with van der Waals surface area (Å²) in [5.74, 6) is -0.229. The van der Waals surface area contributed by atoms with E-state index in [1.807, 2.05) is 13.8 Å². The van der Waals surface area contributed by atoms with Crippen molar-refractivity contribution in [1.29, 1.82) is 0 Å². The van der Waals surface area contributed by atoms with Crippen molar-refractivity contribution in [3.8, 4) is 0 Å². The number of carbonyl (C=O) groups is 2. The third kappa shape index (κ3) is 2.52. The fourth-order valence-electron chi connectivity index (χ4n) is 2.59. The molecular weight excluding hydrogens is 292 g/mol. The SMILES string of the molecule is CCc1nn(C)c(CN2C(=O)CNC(=O)C2(C)CC)c1Cl. The molecule has 0 aliphatic carbocycles. The van der Waals surface area contributed by atoms with Gasteiger partial charge in [-0.05, 0) is 19.8 Å². The summed E-state index contributed by atoms with van der Waals surface area (Å²) in [5.41, 5.74) is 0.715. The predicted octanol–water partition coefficient (Wildman–Crippen LogP) is 1.26. The number of aryl methyl sites for hydroxylation is 2. The highest BCUT2D eigenvalue weighted by atomic mass is 35.5. The number of nitrogens with zero attached hydrogens (tertiary/aromatic N) is 3. The normalized spacial score (nSPS) is 22.6. The van der Waals surface area contributed by atoms with Crippen LogP contribution in [0.15, 0.2) is 0 Å². The van der Waals surface area contributed by atoms with Gasteiger partial charge >= 0.3 is 0 Å². The summed E-state index contributed by atoms with van der Waals surface area (Å²) in [5, 5.41) is 7.59. The van der Waals surface area contributed by atoms with Crippen LogP contribution >= 0.6 is 11.6 Å². The molecule has 1 aromatic heterocycles. The van der Waals surface area contributed by atoms with Crippen LogP contribution in [0.1, 0.15) is 38.6 Å². The van der Waals surface area contributed by atoms with Gasteiger partial charge in [0.25, 0.3) is 0 Å². The molecule has 116 valence electrons. The van der Waals surface area contributed by atoms with Gasteiger partial charge in [0, 0.05) is 7.05 Å². The number of hydrogen-bond donors (Lipinski definition) is 1. The van der Waals surface area contributed by atoms with Crippen molar-refractivity contribution < 1.29 is 9.59 Å². The van der Waals surface area contributed by atoms with Crippen molar-refractivity contribution in [3.05, 3.63) is 16.4 Å². The highest BCUT2D eigenvalue weighted by molar-refractivity contribution is 6.31. The van der Waals surface area contributed by atoms with E-state index in [-0.39, 0.29) is 18.4 Å². The van der Waals surface area contributed by atoms with Gasteiger partial charge in [-0.3, -0.25) is 14.3 Å². The molecule has 0 saturated carbocycles. The summed E-state index contributed by atoms with van der Waals surface area (Å²) >= 11 is 6.35. The van der Waals surface area contributed by atoms with Crippen LogP contribution < -0.4 is 5.32 Å². The van der Waals surface area contributed by atoms with Crippen LogP contribution in [0.4, 0.5) is 0 Å². The van der Waals surface area contributed by atoms with Crippen molar-refractivity contribution in [2.24, 2.45) is 7.05 Å². The van der Waals surface area contributed by atoms with E-state index in [2.05, 4.69) is 10.4 Å². The Balaban J connectivity index is 2.38. The molecule has 2 amide bonds. The zero-order chi connectivity index (χ0) is 15.8. The molecule has 1 aromatic rings. The monoisotopic (exact) mass is 312 g/mol. The average Bonchev–Trinajstić information content (AvgIpc) is 2.74. The highest BCUT2D eigenvalue weighted by Crippen LogP contribution is 2.28. The van der Waals surface area contributed by atoms with Crippen LogP contribution in [0.2, 0.25) is 5.02 Å². The van der Waals surface area contributed by atoms with Gasteiger partial charge in [-0.15, -0.1) is 0 Å². The summed E-state index contributed by atoms with van der Waals surface area (Å²) in [6.07, 6.45) is 1.27. The smallest absolute Gasteiger partial charge is 0.246 e. The lowest BCUT2D eigenvalue weighted by molar-refractivity contribution is -0.153. The molecule has 1 aliphatic heterocycles. The number of carbonyl (C=O) groups excluding carboxylic acids is 2. The third-order valence-electron chi connectivity index (χ3n) is 4.29. The Hall–Kier alpha value is -1.56. The minimum Gasteiger partial charge on any atom is -0.345 e. The van der Waals surface area contributed by atoms with Gasteiger partial charge in [-0.25, -0.2) is 0 Å². The quantitative estimate of drug-likeness (QED) is 0.910. The summed E-state index contributed by atoms with van der Waals surface area (Å²) in [7, 11) is 1.80. The van der Waals surface area contributed by atoms with E-state index in [4.69, 9.17) is 11.6 Å². The maximum atomic E-state index is 12.3. The van der Waals surface area contributed by atoms with Gasteiger partial charge in [0.15, 0.2) is 0 Å². The van der Waals surface area contributed by atoms with E-state index in [0.717, 1.165) is 17.8 Å². The van der Waals surface area contributed by atoms with E-state index in [9.17, 15) is 9.59 Å². The lowest BCUT2D eigenvalue weighted by Gasteiger charge is -2.43. The Bertz CT molecular complexity index is 584. The largest absolute Gasteiger partial charge is 0.345 e. The van der Waals surface area contributed by atoms with E-state index in [0.29, 0.717) is 18.0 Å². The minimum atomic E-state index is -0.852. The zero-order valence-electron chi connectivity index (χ0n) is 12.9. The van der Waals surface area contributed by atoms with Gasteiger partial charge in [0.2, 0.25) is 11.8 Å². The number of hydrogen-bond acceptors (Lipinski definition) is 3. The Kier molecular flexibility index (Phi) is 4.27. The number of nitrogens with one attached hydrogen (secondary N) is 1. The number of halogens is 1. The molecule has 6 nitrogen and oxygen atoms in total. The number of rotatable bonds is 4. The van der Waals surface area contributed by atoms with Crippen molar-refractivity contribution in [3.63, 3.8) is 0 Å². The Morgan fingerprint density at radius 1 is 1.38 bits per heavy atom. The second-order valence-electron chi connectivity index (χ2n) is 5.47. The molecule has 7 heteroatoms. The van der Waals surface area contributed by atoms with Crippen LogP contribution in [0.25, 0.3) is 0 Å². The van der Waals surface area contributed by atoms with Gasteiger partial charge in [-0.1, -0.05) is 25.4 Å². The molecule has 1 fully saturated rings. The third-order valence-corrected chi connectivity index (χ3v) is 4.72. The topological polar surface area (TPSA) is 67.2 Å². The summed E-state index contributed by atoms with van der Waals surface area (Å²) in [6, 6.07) is 0. The van der Waals surface area contributed by atoms with Crippen LogP contribution in [0, 0.1) is 0 Å². The number of piperazine rings is 1. The standard InChI is InChI=1S/C14H21ClN4O2/c1-5-9-12(15)10(18(4)17-9)8-19-11(20)7-16-13(21)14(19,3)6-2/h5-8H2,1-4H3,(H,16,21). The van der Waals surface area contributed by atoms with Crippen LogP contribution in [0.3, 0.4) is 0 Å². The summed E-state index contributed by atoms with van der Waals surface area (Å²) < 4.78 is 1.69. The van der Waals surface area contributed by atoms with E-state index in [1.165, 1.54) is 0 Å². The number of amides is 2. The maximum absolute atomic E-state index is 12.3. The fourth-order valence-corrected chi connectivity index (χ4v) is 2.95. The molecule has 0 bridgehead atoms. The first kappa shape index (κ1) is 15.8. The first-order chi connectivity index (χ1) is 9.85. The number of aromatic nitrogens is 2. The van der Waals surface area contributed by atoms with Gasteiger partial charge in [-0.2, -0.15) is 5.10 Å². The predicted molar refractivity (Wildman–Crippen MR) is 79.9 cm³/mol. The van der Waals surface area contributed by atoms with E-state index < -0.39 is 5.54 Å². The Labute approximate surface area is 129 Å². The van der Waals surface area contributed by atoms with Crippen molar-refractivity contribution in [2.45, 2.75) is 45.7 Å². The van der Waals surface area contributed by atoms with Crippen molar-refractivity contribution in [1.82, 2.24) is 20.0 Å². The molecule has 1 N–H and O–H groups in total. The fraction of sp³-hybridized carbons (Fsp3) is 0.643. The first-order valence-corrected chi connectivity index (χ1v) is 7.52. The van der Waals surface area contributed by atoms with Crippen LogP contribution in [-0.2, 0) is 29.6 Å². The molecule has 1 atom stereocenters. The van der Waals surface area contributed by atoms with Crippen LogP contribution in [0.5, 0.6) is 0 Å². The van der Waals surface area contributed by atoms with Crippen molar-refractivity contribution >= 4 is 23.4 Å². The van der Waals surface area contributed by atoms with Gasteiger partial charge in [0.1, 0.15) is 5.54 Å². The van der Waals surface area contributed by atoms with Gasteiger partial charge < -0.3 is 10.2 Å². The zero-order valence-corrected chi connectivity index (χ0v) is 13.6. The molecule has 1 unspecified atom stereocenters. The molecule has 2 rings (SSSR count). The van der Waals surface area contributed by atoms with Gasteiger partial charge in [0.05, 0.1) is 29.5 Å². The maximum Gasteiger partial charge on any atom is 0.246 e. The molecule has 2 heterocycles. The van der Waals surface area contributed by atoms with Crippen molar-refractivity contribution in [2.75, 3.05) is 6.54 Å². The Morgan fingerprint density at radius 3 is 2.57 bits per heavy atom. The average molecular weight is 313 g/mol.